The Morgan fingerprint density at radius 1 is 0.300 bits per heavy atom. The van der Waals surface area contributed by atoms with Crippen LogP contribution in [0.2, 0.25) is 0 Å². The third-order valence-corrected chi connectivity index (χ3v) is 11.8. The molecule has 0 bridgehead atoms. The number of fused-ring (bicyclic) bond motifs is 7. The zero-order valence-electron chi connectivity index (χ0n) is 32.7. The van der Waals surface area contributed by atoms with Crippen LogP contribution in [-0.4, -0.2) is 28.7 Å². The van der Waals surface area contributed by atoms with E-state index in [1.807, 2.05) is 0 Å². The van der Waals surface area contributed by atoms with Gasteiger partial charge >= 0.3 is 0 Å². The van der Waals surface area contributed by atoms with Gasteiger partial charge in [-0.2, -0.15) is 0 Å². The maximum Gasteiger partial charge on any atom is 0.164 e. The van der Waals surface area contributed by atoms with Gasteiger partial charge in [-0.15, -0.1) is 0 Å². The number of para-hydroxylation sites is 5. The molecule has 12 aromatic rings. The molecule has 8 aromatic carbocycles. The lowest BCUT2D eigenvalue weighted by atomic mass is 10.1. The first-order valence-corrected chi connectivity index (χ1v) is 20.3. The van der Waals surface area contributed by atoms with Crippen molar-refractivity contribution in [2.24, 2.45) is 0 Å². The summed E-state index contributed by atoms with van der Waals surface area (Å²) in [4.78, 5) is 15.4. The summed E-state index contributed by atoms with van der Waals surface area (Å²) in [5, 5.41) is 6.16. The second-order valence-corrected chi connectivity index (χ2v) is 15.4. The fourth-order valence-corrected chi connectivity index (χ4v) is 9.08. The predicted octanol–water partition coefficient (Wildman–Crippen LogP) is 13.3. The number of aryl methyl sites for hydroxylation is 1. The van der Waals surface area contributed by atoms with Crippen LogP contribution < -0.4 is 0 Å². The molecule has 0 aliphatic carbocycles. The SMILES string of the molecule is Cc1cc2ccccc2n1-c1ccc(-c2nc(-c3ccc(-n4c5ccccc5c5ccccc54)cc3)nc(-c3ccc(-n4c5ccccc5c5ccccc54)cc3)n2)cc1. The van der Waals surface area contributed by atoms with Gasteiger partial charge in [-0.3, -0.25) is 0 Å². The van der Waals surface area contributed by atoms with Gasteiger partial charge in [-0.05, 0) is 116 Å². The van der Waals surface area contributed by atoms with Crippen LogP contribution in [0.4, 0.5) is 0 Å². The van der Waals surface area contributed by atoms with Crippen LogP contribution in [-0.2, 0) is 0 Å². The predicted molar refractivity (Wildman–Crippen MR) is 246 cm³/mol. The van der Waals surface area contributed by atoms with Crippen molar-refractivity contribution in [2.75, 3.05) is 0 Å². The van der Waals surface area contributed by atoms with Crippen LogP contribution in [0.15, 0.2) is 200 Å². The minimum absolute atomic E-state index is 0.617. The highest BCUT2D eigenvalue weighted by Gasteiger charge is 2.17. The topological polar surface area (TPSA) is 53.5 Å². The molecule has 60 heavy (non-hydrogen) atoms. The molecule has 6 heteroatoms. The Kier molecular flexibility index (Phi) is 7.65. The molecule has 0 aliphatic heterocycles. The molecule has 4 heterocycles. The third-order valence-electron chi connectivity index (χ3n) is 11.8. The van der Waals surface area contributed by atoms with Crippen molar-refractivity contribution in [3.63, 3.8) is 0 Å². The summed E-state index contributed by atoms with van der Waals surface area (Å²) in [5.74, 6) is 1.85. The van der Waals surface area contributed by atoms with E-state index in [4.69, 9.17) is 15.0 Å². The zero-order valence-corrected chi connectivity index (χ0v) is 32.7. The molecule has 4 aromatic heterocycles. The van der Waals surface area contributed by atoms with Crippen LogP contribution >= 0.6 is 0 Å². The highest BCUT2D eigenvalue weighted by molar-refractivity contribution is 6.10. The number of hydrogen-bond acceptors (Lipinski definition) is 3. The Hall–Kier alpha value is -8.09. The van der Waals surface area contributed by atoms with Crippen LogP contribution in [0.3, 0.4) is 0 Å². The van der Waals surface area contributed by atoms with E-state index in [2.05, 4.69) is 221 Å². The highest BCUT2D eigenvalue weighted by atomic mass is 15.0. The van der Waals surface area contributed by atoms with Gasteiger partial charge in [-0.25, -0.2) is 15.0 Å². The molecule has 0 N–H and O–H groups in total. The van der Waals surface area contributed by atoms with E-state index in [1.54, 1.807) is 0 Å². The Bertz CT molecular complexity index is 3310. The summed E-state index contributed by atoms with van der Waals surface area (Å²) in [5.41, 5.74) is 13.1. The zero-order chi connectivity index (χ0) is 39.7. The monoisotopic (exact) mass is 768 g/mol. The number of hydrogen-bond donors (Lipinski definition) is 0. The Labute approximate surface area is 345 Å². The molecule has 12 rings (SSSR count). The summed E-state index contributed by atoms with van der Waals surface area (Å²) in [6.45, 7) is 2.15. The smallest absolute Gasteiger partial charge is 0.164 e. The molecule has 0 aliphatic rings. The van der Waals surface area contributed by atoms with E-state index < -0.39 is 0 Å². The normalized spacial score (nSPS) is 11.8. The summed E-state index contributed by atoms with van der Waals surface area (Å²) in [6.07, 6.45) is 0. The molecule has 0 saturated carbocycles. The maximum absolute atomic E-state index is 5.15. The summed E-state index contributed by atoms with van der Waals surface area (Å²) < 4.78 is 6.95. The van der Waals surface area contributed by atoms with E-state index in [9.17, 15) is 0 Å². The van der Waals surface area contributed by atoms with Gasteiger partial charge in [0.25, 0.3) is 0 Å². The van der Waals surface area contributed by atoms with Gasteiger partial charge in [0.1, 0.15) is 0 Å². The van der Waals surface area contributed by atoms with Crippen molar-refractivity contribution in [1.29, 1.82) is 0 Å². The molecular weight excluding hydrogens is 733 g/mol. The Morgan fingerprint density at radius 2 is 0.600 bits per heavy atom. The van der Waals surface area contributed by atoms with E-state index in [1.165, 1.54) is 60.2 Å². The first kappa shape index (κ1) is 34.0. The van der Waals surface area contributed by atoms with Crippen molar-refractivity contribution in [3.8, 4) is 51.2 Å². The number of rotatable bonds is 6. The fraction of sp³-hybridized carbons (Fsp3) is 0.0185. The molecule has 0 spiro atoms. The van der Waals surface area contributed by atoms with Gasteiger partial charge < -0.3 is 13.7 Å². The molecule has 0 atom stereocenters. The van der Waals surface area contributed by atoms with Crippen molar-refractivity contribution in [1.82, 2.24) is 28.7 Å². The summed E-state index contributed by atoms with van der Waals surface area (Å²) >= 11 is 0. The lowest BCUT2D eigenvalue weighted by molar-refractivity contribution is 1.05. The second kappa shape index (κ2) is 13.5. The van der Waals surface area contributed by atoms with Crippen molar-refractivity contribution in [2.45, 2.75) is 6.92 Å². The average molecular weight is 769 g/mol. The second-order valence-electron chi connectivity index (χ2n) is 15.4. The molecule has 0 saturated heterocycles. The number of benzene rings is 8. The molecule has 0 unspecified atom stereocenters. The van der Waals surface area contributed by atoms with Gasteiger partial charge in [-0.1, -0.05) is 91.0 Å². The highest BCUT2D eigenvalue weighted by Crippen LogP contribution is 2.35. The van der Waals surface area contributed by atoms with Crippen LogP contribution in [0, 0.1) is 6.92 Å². The standard InChI is InChI=1S/C54H36N6/c1-35-34-39-12-2-7-17-47(39)58(35)40-28-22-36(23-29-40)52-55-53(37-24-30-41(31-25-37)59-48-18-8-3-13-43(48)44-14-4-9-19-49(44)59)57-54(56-52)38-26-32-42(33-27-38)60-50-20-10-5-15-45(50)46-16-6-11-21-51(46)60/h2-34H,1H3. The molecular formula is C54H36N6. The van der Waals surface area contributed by atoms with Gasteiger partial charge in [0, 0.05) is 66.4 Å². The third kappa shape index (κ3) is 5.38. The van der Waals surface area contributed by atoms with Crippen LogP contribution in [0.25, 0.3) is 106 Å². The molecule has 6 nitrogen and oxygen atoms in total. The first-order valence-electron chi connectivity index (χ1n) is 20.3. The van der Waals surface area contributed by atoms with Crippen molar-refractivity contribution in [3.05, 3.63) is 206 Å². The van der Waals surface area contributed by atoms with E-state index in [-0.39, 0.29) is 0 Å². The molecule has 0 radical (unpaired) electrons. The van der Waals surface area contributed by atoms with Crippen LogP contribution in [0.1, 0.15) is 5.69 Å². The van der Waals surface area contributed by atoms with Gasteiger partial charge in [0.15, 0.2) is 17.5 Å². The number of nitrogens with zero attached hydrogens (tertiary/aromatic N) is 6. The Balaban J connectivity index is 0.971. The number of aromatic nitrogens is 6. The van der Waals surface area contributed by atoms with E-state index in [0.717, 1.165) is 33.8 Å². The van der Waals surface area contributed by atoms with Gasteiger partial charge in [0.2, 0.25) is 0 Å². The van der Waals surface area contributed by atoms with Crippen molar-refractivity contribution < 1.29 is 0 Å². The quantitative estimate of drug-likeness (QED) is 0.169. The summed E-state index contributed by atoms with van der Waals surface area (Å²) in [7, 11) is 0. The molecule has 0 amide bonds. The molecule has 282 valence electrons. The summed E-state index contributed by atoms with van der Waals surface area (Å²) in [6, 6.07) is 70.7. The first-order chi connectivity index (χ1) is 29.7. The minimum Gasteiger partial charge on any atom is -0.314 e. The lowest BCUT2D eigenvalue weighted by Crippen LogP contribution is -2.01. The van der Waals surface area contributed by atoms with Crippen LogP contribution in [0.5, 0.6) is 0 Å². The lowest BCUT2D eigenvalue weighted by Gasteiger charge is -2.12. The fourth-order valence-electron chi connectivity index (χ4n) is 9.08. The van der Waals surface area contributed by atoms with E-state index >= 15 is 0 Å². The Morgan fingerprint density at radius 3 is 0.967 bits per heavy atom. The maximum atomic E-state index is 5.15. The molecule has 0 fully saturated rings. The van der Waals surface area contributed by atoms with E-state index in [0.29, 0.717) is 17.5 Å². The largest absolute Gasteiger partial charge is 0.314 e. The van der Waals surface area contributed by atoms with Crippen molar-refractivity contribution >= 4 is 54.5 Å². The average Bonchev–Trinajstić information content (AvgIpc) is 3.96. The minimum atomic E-state index is 0.617. The van der Waals surface area contributed by atoms with Gasteiger partial charge in [0.05, 0.1) is 27.6 Å².